The van der Waals surface area contributed by atoms with E-state index in [-0.39, 0.29) is 12.3 Å². The molecule has 1 aliphatic heterocycles. The summed E-state index contributed by atoms with van der Waals surface area (Å²) >= 11 is 6.29. The Kier molecular flexibility index (Phi) is 4.81. The van der Waals surface area contributed by atoms with Crippen LogP contribution in [0.3, 0.4) is 0 Å². The highest BCUT2D eigenvalue weighted by Gasteiger charge is 2.51. The molecule has 2 unspecified atom stereocenters. The number of amides is 1. The molecule has 4 nitrogen and oxygen atoms in total. The Morgan fingerprint density at radius 1 is 1.08 bits per heavy atom. The number of carbonyl (C=O) groups is 3. The Bertz CT molecular complexity index is 847. The van der Waals surface area contributed by atoms with Crippen LogP contribution in [0.1, 0.15) is 22.0 Å². The second-order valence-electron chi connectivity index (χ2n) is 5.78. The van der Waals surface area contributed by atoms with E-state index in [1.807, 2.05) is 0 Å². The monoisotopic (exact) mass is 353 g/mol. The van der Waals surface area contributed by atoms with Gasteiger partial charge in [0, 0.05) is 17.1 Å². The molecule has 2 atom stereocenters. The highest BCUT2D eigenvalue weighted by molar-refractivity contribution is 6.44. The SMILES string of the molecule is C=CCN1C(=O)C(=O)C(C(=O)c2ccccc2)C1c1ccccc1Cl. The first-order valence-corrected chi connectivity index (χ1v) is 8.23. The lowest BCUT2D eigenvalue weighted by Crippen LogP contribution is -2.31. The Balaban J connectivity index is 2.12. The predicted molar refractivity (Wildman–Crippen MR) is 95.4 cm³/mol. The molecule has 25 heavy (non-hydrogen) atoms. The number of hydrogen-bond donors (Lipinski definition) is 0. The second-order valence-corrected chi connectivity index (χ2v) is 6.19. The van der Waals surface area contributed by atoms with Gasteiger partial charge in [0.2, 0.25) is 5.78 Å². The fourth-order valence-electron chi connectivity index (χ4n) is 3.17. The zero-order valence-corrected chi connectivity index (χ0v) is 14.1. The topological polar surface area (TPSA) is 54.5 Å². The molecule has 0 aromatic heterocycles. The van der Waals surface area contributed by atoms with Gasteiger partial charge in [-0.15, -0.1) is 6.58 Å². The van der Waals surface area contributed by atoms with Crippen LogP contribution in [-0.2, 0) is 9.59 Å². The van der Waals surface area contributed by atoms with E-state index in [1.54, 1.807) is 54.6 Å². The molecule has 0 N–H and O–H groups in total. The first kappa shape index (κ1) is 17.1. The molecule has 1 fully saturated rings. The highest BCUT2D eigenvalue weighted by Crippen LogP contribution is 2.40. The number of rotatable bonds is 5. The van der Waals surface area contributed by atoms with Gasteiger partial charge < -0.3 is 4.90 Å². The van der Waals surface area contributed by atoms with Crippen molar-refractivity contribution in [2.45, 2.75) is 6.04 Å². The number of halogens is 1. The quantitative estimate of drug-likeness (QED) is 0.358. The van der Waals surface area contributed by atoms with Gasteiger partial charge in [-0.2, -0.15) is 0 Å². The van der Waals surface area contributed by atoms with Gasteiger partial charge in [0.1, 0.15) is 5.92 Å². The number of Topliss-reactive ketones (excluding diaryl/α,β-unsaturated/α-hetero) is 2. The van der Waals surface area contributed by atoms with E-state index in [4.69, 9.17) is 11.6 Å². The van der Waals surface area contributed by atoms with Gasteiger partial charge in [-0.1, -0.05) is 66.2 Å². The van der Waals surface area contributed by atoms with Crippen LogP contribution in [0.2, 0.25) is 5.02 Å². The van der Waals surface area contributed by atoms with Crippen LogP contribution in [0.4, 0.5) is 0 Å². The normalized spacial score (nSPS) is 20.0. The Hall–Kier alpha value is -2.72. The third kappa shape index (κ3) is 3.01. The minimum absolute atomic E-state index is 0.166. The van der Waals surface area contributed by atoms with Gasteiger partial charge in [-0.3, -0.25) is 14.4 Å². The summed E-state index contributed by atoms with van der Waals surface area (Å²) in [5, 5.41) is 0.412. The van der Waals surface area contributed by atoms with Crippen molar-refractivity contribution < 1.29 is 14.4 Å². The molecule has 1 amide bonds. The summed E-state index contributed by atoms with van der Waals surface area (Å²) in [6.45, 7) is 3.80. The molecule has 1 saturated heterocycles. The lowest BCUT2D eigenvalue weighted by molar-refractivity contribution is -0.140. The van der Waals surface area contributed by atoms with Crippen molar-refractivity contribution in [3.8, 4) is 0 Å². The first-order chi connectivity index (χ1) is 12.1. The van der Waals surface area contributed by atoms with Crippen LogP contribution in [-0.4, -0.2) is 28.9 Å². The largest absolute Gasteiger partial charge is 0.324 e. The van der Waals surface area contributed by atoms with Crippen LogP contribution in [0.25, 0.3) is 0 Å². The molecule has 2 aromatic rings. The van der Waals surface area contributed by atoms with Gasteiger partial charge in [0.25, 0.3) is 5.91 Å². The summed E-state index contributed by atoms with van der Waals surface area (Å²) in [5.41, 5.74) is 0.977. The Morgan fingerprint density at radius 3 is 2.36 bits per heavy atom. The lowest BCUT2D eigenvalue weighted by atomic mass is 9.86. The van der Waals surface area contributed by atoms with Gasteiger partial charge in [0.05, 0.1) is 6.04 Å². The molecule has 0 spiro atoms. The fourth-order valence-corrected chi connectivity index (χ4v) is 3.41. The number of carbonyl (C=O) groups excluding carboxylic acids is 3. The summed E-state index contributed by atoms with van der Waals surface area (Å²) in [4.78, 5) is 39.4. The van der Waals surface area contributed by atoms with Crippen molar-refractivity contribution in [1.82, 2.24) is 4.90 Å². The molecule has 1 aliphatic rings. The molecule has 5 heteroatoms. The van der Waals surface area contributed by atoms with Gasteiger partial charge in [-0.05, 0) is 11.6 Å². The molecular weight excluding hydrogens is 338 g/mol. The standard InChI is InChI=1S/C20H16ClNO3/c1-2-12-22-17(14-10-6-7-11-15(14)21)16(19(24)20(22)25)18(23)13-8-4-3-5-9-13/h2-11,16-17H,1,12H2. The third-order valence-corrected chi connectivity index (χ3v) is 4.64. The van der Waals surface area contributed by atoms with E-state index in [2.05, 4.69) is 6.58 Å². The lowest BCUT2D eigenvalue weighted by Gasteiger charge is -2.26. The Morgan fingerprint density at radius 2 is 1.72 bits per heavy atom. The summed E-state index contributed by atoms with van der Waals surface area (Å²) in [6, 6.07) is 14.7. The van der Waals surface area contributed by atoms with Crippen molar-refractivity contribution in [1.29, 1.82) is 0 Å². The summed E-state index contributed by atoms with van der Waals surface area (Å²) in [6.07, 6.45) is 1.53. The van der Waals surface area contributed by atoms with E-state index in [0.717, 1.165) is 0 Å². The van der Waals surface area contributed by atoms with Gasteiger partial charge >= 0.3 is 0 Å². The third-order valence-electron chi connectivity index (χ3n) is 4.30. The zero-order chi connectivity index (χ0) is 18.0. The van der Waals surface area contributed by atoms with Crippen LogP contribution in [0.5, 0.6) is 0 Å². The van der Waals surface area contributed by atoms with Crippen LogP contribution >= 0.6 is 11.6 Å². The van der Waals surface area contributed by atoms with Gasteiger partial charge in [-0.25, -0.2) is 0 Å². The van der Waals surface area contributed by atoms with Crippen molar-refractivity contribution >= 4 is 29.1 Å². The number of ketones is 2. The molecule has 0 aliphatic carbocycles. The van der Waals surface area contributed by atoms with Crippen molar-refractivity contribution in [2.24, 2.45) is 5.92 Å². The van der Waals surface area contributed by atoms with Gasteiger partial charge in [0.15, 0.2) is 5.78 Å². The average molecular weight is 354 g/mol. The number of benzene rings is 2. The maximum Gasteiger partial charge on any atom is 0.291 e. The summed E-state index contributed by atoms with van der Waals surface area (Å²) in [5.74, 6) is -2.88. The van der Waals surface area contributed by atoms with E-state index in [9.17, 15) is 14.4 Å². The smallest absolute Gasteiger partial charge is 0.291 e. The summed E-state index contributed by atoms with van der Waals surface area (Å²) < 4.78 is 0. The average Bonchev–Trinajstić information content (AvgIpc) is 2.87. The minimum Gasteiger partial charge on any atom is -0.324 e. The zero-order valence-electron chi connectivity index (χ0n) is 13.4. The van der Waals surface area contributed by atoms with Crippen molar-refractivity contribution in [2.75, 3.05) is 6.54 Å². The van der Waals surface area contributed by atoms with Crippen molar-refractivity contribution in [3.63, 3.8) is 0 Å². The van der Waals surface area contributed by atoms with Crippen LogP contribution in [0.15, 0.2) is 67.3 Å². The van der Waals surface area contributed by atoms with E-state index in [1.165, 1.54) is 11.0 Å². The second kappa shape index (κ2) is 7.03. The number of nitrogens with zero attached hydrogens (tertiary/aromatic N) is 1. The molecule has 0 saturated carbocycles. The number of likely N-dealkylation sites (tertiary alicyclic amines) is 1. The first-order valence-electron chi connectivity index (χ1n) is 7.85. The van der Waals surface area contributed by atoms with E-state index < -0.39 is 23.7 Å². The molecule has 0 radical (unpaired) electrons. The molecular formula is C20H16ClNO3. The van der Waals surface area contributed by atoms with Crippen molar-refractivity contribution in [3.05, 3.63) is 83.4 Å². The molecule has 0 bridgehead atoms. The predicted octanol–water partition coefficient (Wildman–Crippen LogP) is 3.48. The van der Waals surface area contributed by atoms with Crippen LogP contribution in [0, 0.1) is 5.92 Å². The van der Waals surface area contributed by atoms with E-state index in [0.29, 0.717) is 16.1 Å². The maximum atomic E-state index is 13.0. The summed E-state index contributed by atoms with van der Waals surface area (Å²) in [7, 11) is 0. The molecule has 3 rings (SSSR count). The number of hydrogen-bond acceptors (Lipinski definition) is 3. The highest BCUT2D eigenvalue weighted by atomic mass is 35.5. The molecule has 126 valence electrons. The minimum atomic E-state index is -1.12. The molecule has 1 heterocycles. The maximum absolute atomic E-state index is 13.0. The van der Waals surface area contributed by atoms with Crippen LogP contribution < -0.4 is 0 Å². The van der Waals surface area contributed by atoms with E-state index >= 15 is 0 Å². The fraction of sp³-hybridized carbons (Fsp3) is 0.150. The Labute approximate surface area is 150 Å². The molecule has 2 aromatic carbocycles.